The zero-order valence-electron chi connectivity index (χ0n) is 17.4. The number of anilines is 2. The van der Waals surface area contributed by atoms with Gasteiger partial charge in [-0.25, -0.2) is 0 Å². The largest absolute Gasteiger partial charge is 0.489 e. The highest BCUT2D eigenvalue weighted by Gasteiger charge is 2.31. The molecule has 154 valence electrons. The smallest absolute Gasteiger partial charge is 0.258 e. The molecule has 1 heterocycles. The number of amides is 1. The van der Waals surface area contributed by atoms with E-state index in [0.29, 0.717) is 12.2 Å². The average Bonchev–Trinajstić information content (AvgIpc) is 2.79. The Morgan fingerprint density at radius 1 is 1.07 bits per heavy atom. The fourth-order valence-electron chi connectivity index (χ4n) is 3.62. The van der Waals surface area contributed by atoms with E-state index >= 15 is 0 Å². The van der Waals surface area contributed by atoms with Crippen molar-refractivity contribution < 1.29 is 9.53 Å². The van der Waals surface area contributed by atoms with E-state index in [9.17, 15) is 4.79 Å². The number of ether oxygens (including phenoxy) is 1. The molecule has 3 aromatic carbocycles. The highest BCUT2D eigenvalue weighted by molar-refractivity contribution is 6.06. The van der Waals surface area contributed by atoms with Gasteiger partial charge in [-0.3, -0.25) is 4.79 Å². The van der Waals surface area contributed by atoms with E-state index in [1.165, 1.54) is 5.56 Å². The van der Waals surface area contributed by atoms with Crippen LogP contribution in [-0.4, -0.2) is 31.6 Å². The van der Waals surface area contributed by atoms with Gasteiger partial charge < -0.3 is 20.3 Å². The predicted molar refractivity (Wildman–Crippen MR) is 121 cm³/mol. The molecule has 30 heavy (non-hydrogen) atoms. The second kappa shape index (κ2) is 8.59. The van der Waals surface area contributed by atoms with Crippen molar-refractivity contribution in [1.82, 2.24) is 5.32 Å². The maximum absolute atomic E-state index is 13.0. The monoisotopic (exact) mass is 401 g/mol. The van der Waals surface area contributed by atoms with Crippen LogP contribution < -0.4 is 20.3 Å². The summed E-state index contributed by atoms with van der Waals surface area (Å²) >= 11 is 0. The zero-order valence-corrected chi connectivity index (χ0v) is 17.4. The average molecular weight is 402 g/mol. The number of carbonyl (C=O) groups is 1. The molecule has 0 radical (unpaired) electrons. The first-order chi connectivity index (χ1) is 14.5. The van der Waals surface area contributed by atoms with Crippen LogP contribution in [0.5, 0.6) is 5.75 Å². The Morgan fingerprint density at radius 3 is 2.50 bits per heavy atom. The van der Waals surface area contributed by atoms with Crippen molar-refractivity contribution in [3.63, 3.8) is 0 Å². The molecule has 5 nitrogen and oxygen atoms in total. The number of hydrogen-bond donors (Lipinski definition) is 2. The molecule has 0 saturated heterocycles. The Kier molecular flexibility index (Phi) is 5.72. The summed E-state index contributed by atoms with van der Waals surface area (Å²) in [6, 6.07) is 25.5. The maximum Gasteiger partial charge on any atom is 0.258 e. The third kappa shape index (κ3) is 4.47. The molecule has 3 aromatic rings. The predicted octanol–water partition coefficient (Wildman–Crippen LogP) is 4.32. The van der Waals surface area contributed by atoms with E-state index < -0.39 is 0 Å². The summed E-state index contributed by atoms with van der Waals surface area (Å²) in [4.78, 5) is 14.6. The Hall–Kier alpha value is -3.31. The van der Waals surface area contributed by atoms with E-state index in [1.54, 1.807) is 11.9 Å². The van der Waals surface area contributed by atoms with Crippen molar-refractivity contribution in [2.24, 2.45) is 0 Å². The molecule has 1 unspecified atom stereocenters. The lowest BCUT2D eigenvalue weighted by Gasteiger charge is -2.37. The van der Waals surface area contributed by atoms with Crippen molar-refractivity contribution in [1.29, 1.82) is 0 Å². The Bertz CT molecular complexity index is 1010. The molecule has 0 fully saturated rings. The molecule has 5 heteroatoms. The Balaban J connectivity index is 1.44. The lowest BCUT2D eigenvalue weighted by molar-refractivity contribution is 0.0993. The number of nitrogens with one attached hydrogen (secondary N) is 2. The quantitative estimate of drug-likeness (QED) is 0.646. The minimum Gasteiger partial charge on any atom is -0.489 e. The summed E-state index contributed by atoms with van der Waals surface area (Å²) in [5, 5.41) is 7.08. The van der Waals surface area contributed by atoms with Gasteiger partial charge >= 0.3 is 0 Å². The van der Waals surface area contributed by atoms with Crippen molar-refractivity contribution in [3.05, 3.63) is 90.0 Å². The molecule has 1 aliphatic heterocycles. The molecule has 1 aliphatic rings. The number of para-hydroxylation sites is 1. The molecule has 0 spiro atoms. The molecular weight excluding hydrogens is 374 g/mol. The van der Waals surface area contributed by atoms with Crippen LogP contribution in [0, 0.1) is 0 Å². The van der Waals surface area contributed by atoms with Crippen molar-refractivity contribution >= 4 is 17.3 Å². The highest BCUT2D eigenvalue weighted by Crippen LogP contribution is 2.33. The topological polar surface area (TPSA) is 53.6 Å². The van der Waals surface area contributed by atoms with Crippen molar-refractivity contribution in [2.75, 3.05) is 30.4 Å². The van der Waals surface area contributed by atoms with Crippen LogP contribution in [0.1, 0.15) is 22.8 Å². The van der Waals surface area contributed by atoms with Crippen molar-refractivity contribution in [3.8, 4) is 5.75 Å². The Labute approximate surface area is 177 Å². The second-order valence-corrected chi connectivity index (χ2v) is 7.97. The van der Waals surface area contributed by atoms with Crippen LogP contribution in [0.15, 0.2) is 78.9 Å². The number of nitrogens with zero attached hydrogens (tertiary/aromatic N) is 1. The SMILES string of the molecule is CN(C(=O)c1ccc2c(c1)NC(C)(CNCc1ccccc1)CO2)c1ccccc1. The van der Waals surface area contributed by atoms with Gasteiger partial charge in [0.15, 0.2) is 0 Å². The van der Waals surface area contributed by atoms with E-state index in [1.807, 2.05) is 66.7 Å². The van der Waals surface area contributed by atoms with Gasteiger partial charge in [-0.1, -0.05) is 48.5 Å². The fraction of sp³-hybridized carbons (Fsp3) is 0.240. The van der Waals surface area contributed by atoms with Crippen LogP contribution in [-0.2, 0) is 6.54 Å². The lowest BCUT2D eigenvalue weighted by Crippen LogP contribution is -2.51. The summed E-state index contributed by atoms with van der Waals surface area (Å²) < 4.78 is 5.99. The first-order valence-electron chi connectivity index (χ1n) is 10.2. The van der Waals surface area contributed by atoms with Gasteiger partial charge in [-0.2, -0.15) is 0 Å². The van der Waals surface area contributed by atoms with Crippen molar-refractivity contribution in [2.45, 2.75) is 19.0 Å². The normalized spacial score (nSPS) is 17.4. The van der Waals surface area contributed by atoms with E-state index in [2.05, 4.69) is 29.7 Å². The van der Waals surface area contributed by atoms with Crippen LogP contribution >= 0.6 is 0 Å². The van der Waals surface area contributed by atoms with E-state index in [4.69, 9.17) is 4.74 Å². The molecule has 4 rings (SSSR count). The molecule has 2 N–H and O–H groups in total. The summed E-state index contributed by atoms with van der Waals surface area (Å²) in [6.45, 7) is 4.21. The van der Waals surface area contributed by atoms with E-state index in [0.717, 1.165) is 30.2 Å². The van der Waals surface area contributed by atoms with Gasteiger partial charge in [0.1, 0.15) is 12.4 Å². The molecule has 0 saturated carbocycles. The van der Waals surface area contributed by atoms with Gasteiger partial charge in [0.25, 0.3) is 5.91 Å². The molecule has 1 atom stereocenters. The third-order valence-electron chi connectivity index (χ3n) is 5.34. The molecule has 0 aliphatic carbocycles. The summed E-state index contributed by atoms with van der Waals surface area (Å²) in [5.74, 6) is 0.717. The van der Waals surface area contributed by atoms with Gasteiger partial charge in [0.05, 0.1) is 11.2 Å². The Morgan fingerprint density at radius 2 is 1.77 bits per heavy atom. The first kappa shape index (κ1) is 20.0. The van der Waals surface area contributed by atoms with Gasteiger partial charge in [-0.05, 0) is 42.8 Å². The van der Waals surface area contributed by atoms with Gasteiger partial charge in [0, 0.05) is 31.4 Å². The standard InChI is InChI=1S/C25H27N3O2/c1-25(17-26-16-19-9-5-3-6-10-19)18-30-23-14-13-20(15-22(23)27-25)24(29)28(2)21-11-7-4-8-12-21/h3-15,26-27H,16-18H2,1-2H3. The number of hydrogen-bond acceptors (Lipinski definition) is 4. The highest BCUT2D eigenvalue weighted by atomic mass is 16.5. The van der Waals surface area contributed by atoms with Gasteiger partial charge in [-0.15, -0.1) is 0 Å². The van der Waals surface area contributed by atoms with Gasteiger partial charge in [0.2, 0.25) is 0 Å². The fourth-order valence-corrected chi connectivity index (χ4v) is 3.62. The molecule has 1 amide bonds. The zero-order chi connectivity index (χ0) is 21.0. The third-order valence-corrected chi connectivity index (χ3v) is 5.34. The lowest BCUT2D eigenvalue weighted by atomic mass is 10.00. The second-order valence-electron chi connectivity index (χ2n) is 7.97. The molecule has 0 bridgehead atoms. The first-order valence-corrected chi connectivity index (χ1v) is 10.2. The number of rotatable bonds is 6. The van der Waals surface area contributed by atoms with Crippen LogP contribution in [0.2, 0.25) is 0 Å². The van der Waals surface area contributed by atoms with Crippen LogP contribution in [0.25, 0.3) is 0 Å². The number of benzene rings is 3. The van der Waals surface area contributed by atoms with Crippen LogP contribution in [0.3, 0.4) is 0 Å². The van der Waals surface area contributed by atoms with Crippen LogP contribution in [0.4, 0.5) is 11.4 Å². The summed E-state index contributed by atoms with van der Waals surface area (Å²) in [5.41, 5.74) is 3.30. The maximum atomic E-state index is 13.0. The minimum atomic E-state index is -0.269. The minimum absolute atomic E-state index is 0.0553. The summed E-state index contributed by atoms with van der Waals surface area (Å²) in [7, 11) is 1.79. The molecular formula is C25H27N3O2. The molecule has 0 aromatic heterocycles. The number of carbonyl (C=O) groups excluding carboxylic acids is 1. The van der Waals surface area contributed by atoms with E-state index in [-0.39, 0.29) is 11.4 Å². The summed E-state index contributed by atoms with van der Waals surface area (Å²) in [6.07, 6.45) is 0. The number of fused-ring (bicyclic) bond motifs is 1.